The first-order chi connectivity index (χ1) is 53.6. The van der Waals surface area contributed by atoms with Gasteiger partial charge < -0.3 is 29.2 Å². The Bertz CT molecular complexity index is 7200. The zero-order chi connectivity index (χ0) is 70.4. The molecule has 0 unspecified atom stereocenters. The third kappa shape index (κ3) is 8.76. The molecule has 16 aromatic carbocycles. The SMILES string of the molecule is c1ccc(N2c3ccccc3B3c4cc5c(cc4N(c4cccc6sc7ccccc7c46)c4cc(N(c6ccccc6)c6cccc7sc8ccccc8c67)cc2c43)Oc2cc(N(c3ccccc3)c3cccc4sc6ccccc6c34)cc3c2B5c2ccccc2N3c2cccc3sc4ccccc4c23)cc1. The predicted molar refractivity (Wildman–Crippen MR) is 467 cm³/mol. The second-order valence-electron chi connectivity index (χ2n) is 28.5. The molecule has 0 radical (unpaired) electrons. The summed E-state index contributed by atoms with van der Waals surface area (Å²) in [6.45, 7) is -0.489. The fraction of sp³-hybridized carbons (Fsp3) is 0. The molecule has 4 aliphatic heterocycles. The van der Waals surface area contributed by atoms with Crippen LogP contribution in [-0.4, -0.2) is 13.4 Å². The van der Waals surface area contributed by atoms with Gasteiger partial charge in [0, 0.05) is 144 Å². The topological polar surface area (TPSA) is 25.4 Å². The van der Waals surface area contributed by atoms with E-state index in [1.807, 2.05) is 45.3 Å². The molecule has 4 aromatic heterocycles. The van der Waals surface area contributed by atoms with Crippen LogP contribution in [0.2, 0.25) is 0 Å². The van der Waals surface area contributed by atoms with Crippen molar-refractivity contribution in [1.82, 2.24) is 0 Å². The highest BCUT2D eigenvalue weighted by Crippen LogP contribution is 2.56. The summed E-state index contributed by atoms with van der Waals surface area (Å²) in [5, 5.41) is 9.87. The van der Waals surface area contributed by atoms with Crippen LogP contribution in [0, 0.1) is 0 Å². The van der Waals surface area contributed by atoms with E-state index in [1.54, 1.807) is 0 Å². The molecule has 12 heteroatoms. The summed E-state index contributed by atoms with van der Waals surface area (Å²) >= 11 is 7.43. The molecule has 20 aromatic rings. The summed E-state index contributed by atoms with van der Waals surface area (Å²) in [6, 6.07) is 130. The Balaban J connectivity index is 0.812. The van der Waals surface area contributed by atoms with E-state index >= 15 is 0 Å². The van der Waals surface area contributed by atoms with Gasteiger partial charge in [-0.25, -0.2) is 0 Å². The Hall–Kier alpha value is -12.7. The number of hydrogen-bond donors (Lipinski definition) is 0. The minimum atomic E-state index is -0.255. The predicted octanol–water partition coefficient (Wildman–Crippen LogP) is 24.6. The number of para-hydroxylation sites is 5. The Labute approximate surface area is 639 Å². The summed E-state index contributed by atoms with van der Waals surface area (Å²) in [7, 11) is 0. The van der Waals surface area contributed by atoms with Gasteiger partial charge in [0.2, 0.25) is 0 Å². The molecular formula is C96H57B2N5OS4. The van der Waals surface area contributed by atoms with Gasteiger partial charge in [0.1, 0.15) is 11.5 Å². The highest BCUT2D eigenvalue weighted by molar-refractivity contribution is 7.27. The van der Waals surface area contributed by atoms with Gasteiger partial charge in [-0.15, -0.1) is 45.3 Å². The maximum absolute atomic E-state index is 8.16. The van der Waals surface area contributed by atoms with Gasteiger partial charge >= 0.3 is 0 Å². The van der Waals surface area contributed by atoms with Crippen LogP contribution in [0.3, 0.4) is 0 Å². The van der Waals surface area contributed by atoms with Gasteiger partial charge in [0.15, 0.2) is 0 Å². The van der Waals surface area contributed by atoms with Crippen molar-refractivity contribution in [2.45, 2.75) is 0 Å². The first-order valence-electron chi connectivity index (χ1n) is 36.8. The molecule has 8 heterocycles. The van der Waals surface area contributed by atoms with Gasteiger partial charge in [-0.2, -0.15) is 0 Å². The molecule has 4 aliphatic rings. The lowest BCUT2D eigenvalue weighted by molar-refractivity contribution is 0.488. The molecular weight excluding hydrogens is 1390 g/mol. The second-order valence-corrected chi connectivity index (χ2v) is 32.8. The number of hydrogen-bond acceptors (Lipinski definition) is 10. The van der Waals surface area contributed by atoms with Gasteiger partial charge in [0.05, 0.1) is 34.1 Å². The van der Waals surface area contributed by atoms with E-state index < -0.39 is 0 Å². The number of rotatable bonds is 9. The lowest BCUT2D eigenvalue weighted by Crippen LogP contribution is -2.64. The van der Waals surface area contributed by atoms with Crippen LogP contribution in [0.5, 0.6) is 11.5 Å². The summed E-state index contributed by atoms with van der Waals surface area (Å²) in [5.74, 6) is 1.64. The largest absolute Gasteiger partial charge is 0.458 e. The van der Waals surface area contributed by atoms with Crippen molar-refractivity contribution in [3.05, 3.63) is 346 Å². The minimum Gasteiger partial charge on any atom is -0.458 e. The van der Waals surface area contributed by atoms with Crippen LogP contribution >= 0.6 is 45.3 Å². The molecule has 0 aliphatic carbocycles. The number of ether oxygens (including phenoxy) is 1. The van der Waals surface area contributed by atoms with E-state index in [4.69, 9.17) is 4.74 Å². The minimum absolute atomic E-state index is 0.233. The molecule has 0 N–H and O–H groups in total. The van der Waals surface area contributed by atoms with Crippen molar-refractivity contribution in [2.24, 2.45) is 0 Å². The van der Waals surface area contributed by atoms with Crippen molar-refractivity contribution < 1.29 is 4.74 Å². The molecule has 0 atom stereocenters. The first kappa shape index (κ1) is 60.6. The number of thiophene rings is 4. The number of nitrogens with zero attached hydrogens (tertiary/aromatic N) is 5. The molecule has 6 nitrogen and oxygen atoms in total. The smallest absolute Gasteiger partial charge is 0.256 e. The van der Waals surface area contributed by atoms with Crippen LogP contribution < -0.4 is 62.0 Å². The van der Waals surface area contributed by atoms with Crippen LogP contribution in [0.15, 0.2) is 346 Å². The summed E-state index contributed by atoms with van der Waals surface area (Å²) < 4.78 is 18.2. The summed E-state index contributed by atoms with van der Waals surface area (Å²) in [4.78, 5) is 12.8. The van der Waals surface area contributed by atoms with Crippen molar-refractivity contribution in [3.8, 4) is 11.5 Å². The molecule has 0 spiro atoms. The standard InChI is InChI=1S/C96H57B2N5OS4/c1-4-26-58(27-5-1)99(73-40-22-48-87-91(73)63-32-10-18-44-83(63)105-87)61-52-78-95-79(53-61)103(76-43-25-51-90-94(76)66-35-13-21-47-86(66)108-90)77-57-81-70(56-69(77)97(95)67-36-14-16-38-71(67)101(78)60-30-8-3-9-31-60)98-68-37-15-17-39-72(68)102(75-42-24-50-89-93(75)65-34-12-20-46-85(65)107-89)80-54-62(55-82(104-81)96(80)98)100(59-28-6-2-7-29-59)74-41-23-49-88-92(74)64-33-11-19-45-84(64)106-88/h1-57H. The van der Waals surface area contributed by atoms with Crippen molar-refractivity contribution in [3.63, 3.8) is 0 Å². The average molecular weight is 1450 g/mol. The van der Waals surface area contributed by atoms with Gasteiger partial charge in [-0.3, -0.25) is 0 Å². The molecule has 502 valence electrons. The summed E-state index contributed by atoms with van der Waals surface area (Å²) in [6.07, 6.45) is 0. The molecule has 24 rings (SSSR count). The number of fused-ring (bicyclic) bond motifs is 20. The molecule has 0 fully saturated rings. The third-order valence-corrected chi connectivity index (χ3v) is 27.3. The fourth-order valence-electron chi connectivity index (χ4n) is 18.5. The Morgan fingerprint density at radius 1 is 0.231 bits per heavy atom. The number of benzene rings is 16. The quantitative estimate of drug-likeness (QED) is 0.134. The molecule has 0 saturated carbocycles. The van der Waals surface area contributed by atoms with E-state index in [0.717, 1.165) is 108 Å². The Morgan fingerprint density at radius 3 is 1.12 bits per heavy atom. The van der Waals surface area contributed by atoms with E-state index in [-0.39, 0.29) is 13.4 Å². The van der Waals surface area contributed by atoms with Crippen LogP contribution in [-0.2, 0) is 0 Å². The van der Waals surface area contributed by atoms with Crippen LogP contribution in [0.1, 0.15) is 0 Å². The second kappa shape index (κ2) is 23.4. The molecule has 108 heavy (non-hydrogen) atoms. The van der Waals surface area contributed by atoms with Crippen molar-refractivity contribution in [2.75, 3.05) is 24.5 Å². The van der Waals surface area contributed by atoms with Gasteiger partial charge in [0.25, 0.3) is 13.4 Å². The van der Waals surface area contributed by atoms with Crippen molar-refractivity contribution in [1.29, 1.82) is 0 Å². The highest BCUT2D eigenvalue weighted by Gasteiger charge is 2.49. The summed E-state index contributed by atoms with van der Waals surface area (Å²) in [5.41, 5.74) is 23.5. The lowest BCUT2D eigenvalue weighted by atomic mass is 9.30. The van der Waals surface area contributed by atoms with Crippen LogP contribution in [0.25, 0.3) is 80.7 Å². The average Bonchev–Trinajstić information content (AvgIpc) is 0.688. The maximum Gasteiger partial charge on any atom is 0.256 e. The van der Waals surface area contributed by atoms with Gasteiger partial charge in [-0.1, -0.05) is 194 Å². The first-order valence-corrected chi connectivity index (χ1v) is 40.0. The van der Waals surface area contributed by atoms with Gasteiger partial charge in [-0.05, 0) is 172 Å². The zero-order valence-electron chi connectivity index (χ0n) is 57.8. The lowest BCUT2D eigenvalue weighted by Gasteiger charge is -2.46. The van der Waals surface area contributed by atoms with E-state index in [1.165, 1.54) is 103 Å². The third-order valence-electron chi connectivity index (χ3n) is 22.8. The van der Waals surface area contributed by atoms with E-state index in [9.17, 15) is 0 Å². The van der Waals surface area contributed by atoms with E-state index in [0.29, 0.717) is 0 Å². The van der Waals surface area contributed by atoms with Crippen molar-refractivity contribution >= 4 is 258 Å². The highest BCUT2D eigenvalue weighted by atomic mass is 32.1. The zero-order valence-corrected chi connectivity index (χ0v) is 61.1. The maximum atomic E-state index is 8.16. The molecule has 0 saturated heterocycles. The number of anilines is 15. The van der Waals surface area contributed by atoms with E-state index in [2.05, 4.69) is 370 Å². The Morgan fingerprint density at radius 2 is 0.602 bits per heavy atom. The molecule has 0 bridgehead atoms. The Kier molecular flexibility index (Phi) is 13.1. The normalized spacial score (nSPS) is 13.2. The fourth-order valence-corrected chi connectivity index (χ4v) is 23.0. The van der Waals surface area contributed by atoms with Crippen LogP contribution in [0.4, 0.5) is 85.3 Å². The monoisotopic (exact) mass is 1450 g/mol. The molecule has 0 amide bonds.